The number of thiazole rings is 1. The van der Waals surface area contributed by atoms with Gasteiger partial charge in [0.2, 0.25) is 0 Å². The van der Waals surface area contributed by atoms with Gasteiger partial charge in [-0.05, 0) is 6.92 Å². The van der Waals surface area contributed by atoms with Gasteiger partial charge >= 0.3 is 0 Å². The van der Waals surface area contributed by atoms with Crippen molar-refractivity contribution in [3.05, 3.63) is 16.1 Å². The Morgan fingerprint density at radius 1 is 1.75 bits per heavy atom. The van der Waals surface area contributed by atoms with Gasteiger partial charge < -0.3 is 10.6 Å². The maximum atomic E-state index is 12.0. The van der Waals surface area contributed by atoms with Crippen LogP contribution in [0.3, 0.4) is 0 Å². The summed E-state index contributed by atoms with van der Waals surface area (Å²) in [6.07, 6.45) is 0. The first-order valence-electron chi connectivity index (χ1n) is 4.88. The zero-order valence-electron chi connectivity index (χ0n) is 9.56. The van der Waals surface area contributed by atoms with Crippen LogP contribution in [0.25, 0.3) is 0 Å². The van der Waals surface area contributed by atoms with Gasteiger partial charge in [0.1, 0.15) is 4.88 Å². The second kappa shape index (κ2) is 5.36. The molecule has 2 N–H and O–H groups in total. The Hall–Kier alpha value is -1.01. The highest BCUT2D eigenvalue weighted by Gasteiger charge is 2.18. The highest BCUT2D eigenvalue weighted by Crippen LogP contribution is 2.15. The number of thiocarbonyl (C=S) groups is 1. The SMILES string of the molecule is Cc1ncsc1C(=O)N(C)CC(C)C(N)=S. The fourth-order valence-corrected chi connectivity index (χ4v) is 2.13. The Morgan fingerprint density at radius 2 is 2.38 bits per heavy atom. The Balaban J connectivity index is 2.69. The van der Waals surface area contributed by atoms with Crippen LogP contribution in [0.2, 0.25) is 0 Å². The molecular weight excluding hydrogens is 242 g/mol. The van der Waals surface area contributed by atoms with Gasteiger partial charge in [0.05, 0.1) is 16.2 Å². The number of carbonyl (C=O) groups is 1. The summed E-state index contributed by atoms with van der Waals surface area (Å²) in [6, 6.07) is 0. The topological polar surface area (TPSA) is 59.2 Å². The van der Waals surface area contributed by atoms with E-state index in [-0.39, 0.29) is 11.8 Å². The van der Waals surface area contributed by atoms with Crippen LogP contribution in [0, 0.1) is 12.8 Å². The van der Waals surface area contributed by atoms with Crippen molar-refractivity contribution < 1.29 is 4.79 Å². The van der Waals surface area contributed by atoms with Gasteiger partial charge in [0.25, 0.3) is 5.91 Å². The minimum atomic E-state index is -0.0249. The number of aryl methyl sites for hydroxylation is 1. The van der Waals surface area contributed by atoms with E-state index in [1.807, 2.05) is 13.8 Å². The van der Waals surface area contributed by atoms with E-state index in [1.165, 1.54) is 11.3 Å². The number of hydrogen-bond donors (Lipinski definition) is 1. The monoisotopic (exact) mass is 257 g/mol. The van der Waals surface area contributed by atoms with E-state index in [2.05, 4.69) is 4.98 Å². The number of aromatic nitrogens is 1. The molecule has 6 heteroatoms. The Kier molecular flexibility index (Phi) is 4.37. The van der Waals surface area contributed by atoms with E-state index >= 15 is 0 Å². The molecule has 88 valence electrons. The average molecular weight is 257 g/mol. The van der Waals surface area contributed by atoms with E-state index < -0.39 is 0 Å². The second-order valence-corrected chi connectivity index (χ2v) is 5.08. The lowest BCUT2D eigenvalue weighted by molar-refractivity contribution is 0.0791. The van der Waals surface area contributed by atoms with Crippen molar-refractivity contribution in [1.82, 2.24) is 9.88 Å². The van der Waals surface area contributed by atoms with Crippen molar-refractivity contribution in [2.45, 2.75) is 13.8 Å². The molecule has 1 heterocycles. The molecule has 0 aromatic carbocycles. The van der Waals surface area contributed by atoms with Gasteiger partial charge in [0.15, 0.2) is 0 Å². The van der Waals surface area contributed by atoms with Gasteiger partial charge in [-0.25, -0.2) is 4.98 Å². The van der Waals surface area contributed by atoms with E-state index in [0.29, 0.717) is 16.4 Å². The minimum Gasteiger partial charge on any atom is -0.393 e. The van der Waals surface area contributed by atoms with Crippen molar-refractivity contribution in [1.29, 1.82) is 0 Å². The van der Waals surface area contributed by atoms with Crippen molar-refractivity contribution in [2.75, 3.05) is 13.6 Å². The molecule has 0 radical (unpaired) electrons. The molecule has 0 aliphatic carbocycles. The predicted molar refractivity (Wildman–Crippen MR) is 69.8 cm³/mol. The van der Waals surface area contributed by atoms with Crippen LogP contribution >= 0.6 is 23.6 Å². The molecule has 0 fully saturated rings. The smallest absolute Gasteiger partial charge is 0.265 e. The van der Waals surface area contributed by atoms with Crippen LogP contribution < -0.4 is 5.73 Å². The standard InChI is InChI=1S/C10H15N3OS2/c1-6(9(11)15)4-13(3)10(14)8-7(2)12-5-16-8/h5-6H,4H2,1-3H3,(H2,11,15). The summed E-state index contributed by atoms with van der Waals surface area (Å²) in [5.41, 5.74) is 7.96. The first-order valence-corrected chi connectivity index (χ1v) is 6.17. The first kappa shape index (κ1) is 13.1. The van der Waals surface area contributed by atoms with E-state index in [0.717, 1.165) is 5.69 Å². The fourth-order valence-electron chi connectivity index (χ4n) is 1.26. The molecule has 1 unspecified atom stereocenters. The third-order valence-electron chi connectivity index (χ3n) is 2.32. The number of amides is 1. The normalized spacial score (nSPS) is 12.2. The summed E-state index contributed by atoms with van der Waals surface area (Å²) < 4.78 is 0. The highest BCUT2D eigenvalue weighted by atomic mass is 32.1. The molecule has 0 aliphatic rings. The van der Waals surface area contributed by atoms with Crippen LogP contribution in [0.1, 0.15) is 22.3 Å². The second-order valence-electron chi connectivity index (χ2n) is 3.76. The molecule has 4 nitrogen and oxygen atoms in total. The molecule has 0 spiro atoms. The van der Waals surface area contributed by atoms with Crippen LogP contribution in [0.5, 0.6) is 0 Å². The molecule has 16 heavy (non-hydrogen) atoms. The molecule has 1 aromatic rings. The molecule has 0 saturated heterocycles. The Morgan fingerprint density at radius 3 is 2.81 bits per heavy atom. The quantitative estimate of drug-likeness (QED) is 0.829. The maximum absolute atomic E-state index is 12.0. The first-order chi connectivity index (χ1) is 7.43. The molecule has 1 rings (SSSR count). The molecular formula is C10H15N3OS2. The zero-order chi connectivity index (χ0) is 12.3. The number of rotatable bonds is 4. The van der Waals surface area contributed by atoms with Crippen LogP contribution in [-0.4, -0.2) is 34.4 Å². The number of hydrogen-bond acceptors (Lipinski definition) is 4. The Bertz CT molecular complexity index is 403. The van der Waals surface area contributed by atoms with Crippen LogP contribution in [0.4, 0.5) is 0 Å². The minimum absolute atomic E-state index is 0.0249. The van der Waals surface area contributed by atoms with Gasteiger partial charge in [-0.1, -0.05) is 19.1 Å². The summed E-state index contributed by atoms with van der Waals surface area (Å²) in [5.74, 6) is 0.000257. The van der Waals surface area contributed by atoms with Crippen LogP contribution in [-0.2, 0) is 0 Å². The fraction of sp³-hybridized carbons (Fsp3) is 0.500. The van der Waals surface area contributed by atoms with Crippen LogP contribution in [0.15, 0.2) is 5.51 Å². The average Bonchev–Trinajstić information content (AvgIpc) is 2.62. The van der Waals surface area contributed by atoms with Gasteiger partial charge in [-0.2, -0.15) is 0 Å². The summed E-state index contributed by atoms with van der Waals surface area (Å²) in [5, 5.41) is 0. The van der Waals surface area contributed by atoms with E-state index in [1.54, 1.807) is 17.5 Å². The summed E-state index contributed by atoms with van der Waals surface area (Å²) in [4.78, 5) is 18.8. The summed E-state index contributed by atoms with van der Waals surface area (Å²) in [7, 11) is 1.75. The molecule has 1 amide bonds. The molecule has 0 saturated carbocycles. The summed E-state index contributed by atoms with van der Waals surface area (Å²) >= 11 is 6.23. The van der Waals surface area contributed by atoms with Gasteiger partial charge in [-0.15, -0.1) is 11.3 Å². The Labute approximate surface area is 104 Å². The lowest BCUT2D eigenvalue weighted by atomic mass is 10.1. The number of carbonyl (C=O) groups excluding carboxylic acids is 1. The van der Waals surface area contributed by atoms with Crippen molar-refractivity contribution in [3.63, 3.8) is 0 Å². The number of nitrogens with zero attached hydrogens (tertiary/aromatic N) is 2. The molecule has 1 atom stereocenters. The van der Waals surface area contributed by atoms with Gasteiger partial charge in [0, 0.05) is 19.5 Å². The number of nitrogens with two attached hydrogens (primary N) is 1. The zero-order valence-corrected chi connectivity index (χ0v) is 11.2. The van der Waals surface area contributed by atoms with Crippen molar-refractivity contribution >= 4 is 34.5 Å². The van der Waals surface area contributed by atoms with E-state index in [9.17, 15) is 4.79 Å². The van der Waals surface area contributed by atoms with E-state index in [4.69, 9.17) is 18.0 Å². The lowest BCUT2D eigenvalue weighted by Crippen LogP contribution is -2.35. The lowest BCUT2D eigenvalue weighted by Gasteiger charge is -2.20. The summed E-state index contributed by atoms with van der Waals surface area (Å²) in [6.45, 7) is 4.27. The third-order valence-corrected chi connectivity index (χ3v) is 3.64. The third kappa shape index (κ3) is 2.99. The molecule has 0 bridgehead atoms. The highest BCUT2D eigenvalue weighted by molar-refractivity contribution is 7.80. The molecule has 0 aliphatic heterocycles. The van der Waals surface area contributed by atoms with Gasteiger partial charge in [-0.3, -0.25) is 4.79 Å². The molecule has 1 aromatic heterocycles. The largest absolute Gasteiger partial charge is 0.393 e. The van der Waals surface area contributed by atoms with Crippen molar-refractivity contribution in [3.8, 4) is 0 Å². The predicted octanol–water partition coefficient (Wildman–Crippen LogP) is 1.45. The van der Waals surface area contributed by atoms with Crippen molar-refractivity contribution in [2.24, 2.45) is 11.7 Å². The maximum Gasteiger partial charge on any atom is 0.265 e.